The van der Waals surface area contributed by atoms with Crippen LogP contribution in [0.2, 0.25) is 18.1 Å². The Morgan fingerprint density at radius 2 is 1.97 bits per heavy atom. The first-order valence-electron chi connectivity index (χ1n) is 10.5. The number of fused-ring (bicyclic) bond motifs is 1. The van der Waals surface area contributed by atoms with E-state index in [2.05, 4.69) is 80.7 Å². The summed E-state index contributed by atoms with van der Waals surface area (Å²) in [4.78, 5) is 15.7. The van der Waals surface area contributed by atoms with Crippen LogP contribution in [0, 0.1) is 6.92 Å². The molecule has 2 heterocycles. The van der Waals surface area contributed by atoms with E-state index in [-0.39, 0.29) is 16.8 Å². The fraction of sp³-hybridized carbons (Fsp3) is 0.478. The Kier molecular flexibility index (Phi) is 6.24. The average Bonchev–Trinajstić information content (AvgIpc) is 3.26. The number of nitrogens with two attached hydrogens (primary N) is 1. The molecule has 162 valence electrons. The third kappa shape index (κ3) is 4.68. The summed E-state index contributed by atoms with van der Waals surface area (Å²) in [7, 11) is -1.90. The first-order valence-corrected chi connectivity index (χ1v) is 13.4. The summed E-state index contributed by atoms with van der Waals surface area (Å²) in [5.74, 6) is -0.509. The molecule has 2 N–H and O–H groups in total. The second kappa shape index (κ2) is 8.39. The fourth-order valence-corrected chi connectivity index (χ4v) is 4.47. The molecule has 1 aromatic carbocycles. The Hall–Kier alpha value is -2.38. The van der Waals surface area contributed by atoms with Crippen LogP contribution in [0.4, 0.5) is 0 Å². The molecule has 0 spiro atoms. The molecule has 0 aliphatic carbocycles. The van der Waals surface area contributed by atoms with E-state index in [0.29, 0.717) is 6.61 Å². The molecule has 0 fully saturated rings. The highest BCUT2D eigenvalue weighted by atomic mass is 28.4. The minimum atomic E-state index is -1.90. The Balaban J connectivity index is 1.83. The number of benzene rings is 1. The minimum absolute atomic E-state index is 0.0697. The number of carbonyl (C=O) groups is 1. The summed E-state index contributed by atoms with van der Waals surface area (Å²) in [6.07, 6.45) is 4.30. The van der Waals surface area contributed by atoms with Crippen molar-refractivity contribution in [2.24, 2.45) is 5.73 Å². The van der Waals surface area contributed by atoms with Crippen LogP contribution in [0.25, 0.3) is 10.9 Å². The van der Waals surface area contributed by atoms with Crippen molar-refractivity contribution in [2.75, 3.05) is 6.61 Å². The van der Waals surface area contributed by atoms with Gasteiger partial charge in [-0.2, -0.15) is 0 Å². The van der Waals surface area contributed by atoms with Gasteiger partial charge in [0, 0.05) is 24.0 Å². The van der Waals surface area contributed by atoms with Crippen LogP contribution >= 0.6 is 0 Å². The number of imidazole rings is 1. The molecule has 1 amide bonds. The number of primary amides is 1. The fourth-order valence-electron chi connectivity index (χ4n) is 3.43. The molecule has 1 atom stereocenters. The van der Waals surface area contributed by atoms with Gasteiger partial charge in [-0.25, -0.2) is 4.98 Å². The predicted molar refractivity (Wildman–Crippen MR) is 124 cm³/mol. The van der Waals surface area contributed by atoms with Crippen LogP contribution in [0.3, 0.4) is 0 Å². The van der Waals surface area contributed by atoms with Crippen LogP contribution in [-0.2, 0) is 11.0 Å². The highest BCUT2D eigenvalue weighted by Crippen LogP contribution is 2.37. The molecule has 3 rings (SSSR count). The van der Waals surface area contributed by atoms with Gasteiger partial charge in [-0.1, -0.05) is 39.0 Å². The highest BCUT2D eigenvalue weighted by molar-refractivity contribution is 6.74. The van der Waals surface area contributed by atoms with Gasteiger partial charge in [-0.3, -0.25) is 4.79 Å². The molecule has 1 unspecified atom stereocenters. The molecule has 0 radical (unpaired) electrons. The van der Waals surface area contributed by atoms with Gasteiger partial charge in [0.25, 0.3) is 5.91 Å². The smallest absolute Gasteiger partial charge is 0.268 e. The van der Waals surface area contributed by atoms with Crippen molar-refractivity contribution >= 4 is 25.1 Å². The molecule has 0 saturated heterocycles. The molecule has 0 aliphatic heterocycles. The average molecular weight is 427 g/mol. The quantitative estimate of drug-likeness (QED) is 0.521. The van der Waals surface area contributed by atoms with Gasteiger partial charge in [0.2, 0.25) is 0 Å². The van der Waals surface area contributed by atoms with E-state index in [0.717, 1.165) is 13.0 Å². The number of carbonyl (C=O) groups excluding carboxylic acids is 1. The maximum Gasteiger partial charge on any atom is 0.268 e. The topological polar surface area (TPSA) is 75.1 Å². The van der Waals surface area contributed by atoms with E-state index in [1.54, 1.807) is 12.5 Å². The molecular weight excluding hydrogens is 392 g/mol. The summed E-state index contributed by atoms with van der Waals surface area (Å²) < 4.78 is 10.9. The molecule has 30 heavy (non-hydrogen) atoms. The first-order chi connectivity index (χ1) is 14.0. The van der Waals surface area contributed by atoms with Crippen molar-refractivity contribution in [1.82, 2.24) is 14.1 Å². The first kappa shape index (κ1) is 22.3. The predicted octanol–water partition coefficient (Wildman–Crippen LogP) is 4.90. The van der Waals surface area contributed by atoms with Gasteiger partial charge < -0.3 is 19.3 Å². The molecule has 3 aromatic rings. The van der Waals surface area contributed by atoms with Gasteiger partial charge >= 0.3 is 0 Å². The summed E-state index contributed by atoms with van der Waals surface area (Å²) >= 11 is 0. The van der Waals surface area contributed by atoms with Crippen LogP contribution in [0.5, 0.6) is 0 Å². The third-order valence-electron chi connectivity index (χ3n) is 6.42. The molecule has 0 aliphatic rings. The van der Waals surface area contributed by atoms with E-state index in [9.17, 15) is 4.79 Å². The normalized spacial score (nSPS) is 13.7. The van der Waals surface area contributed by atoms with Gasteiger partial charge in [0.15, 0.2) is 8.32 Å². The standard InChI is InChI=1S/C23H34N4O2Si/c1-17-13-18-9-7-8-10-21(18)27(17)12-11-19(15-29-30(5,6)23(2,3)4)26-14-20(22(24)28)25-16-26/h7-10,13-14,16,19H,11-12,15H2,1-6H3,(H2,24,28). The van der Waals surface area contributed by atoms with Crippen molar-refractivity contribution < 1.29 is 9.22 Å². The lowest BCUT2D eigenvalue weighted by atomic mass is 10.2. The Morgan fingerprint density at radius 3 is 2.60 bits per heavy atom. The Labute approximate surface area is 180 Å². The van der Waals surface area contributed by atoms with Crippen LogP contribution < -0.4 is 5.73 Å². The number of hydrogen-bond acceptors (Lipinski definition) is 3. The maximum absolute atomic E-state index is 11.5. The van der Waals surface area contributed by atoms with E-state index >= 15 is 0 Å². The molecule has 0 saturated carbocycles. The maximum atomic E-state index is 11.5. The second-order valence-corrected chi connectivity index (χ2v) is 14.4. The van der Waals surface area contributed by atoms with Crippen LogP contribution in [0.1, 0.15) is 49.4 Å². The summed E-state index contributed by atoms with van der Waals surface area (Å²) in [6.45, 7) is 14.8. The number of aryl methyl sites for hydroxylation is 2. The largest absolute Gasteiger partial charge is 0.415 e. The monoisotopic (exact) mass is 426 g/mol. The number of hydrogen-bond donors (Lipinski definition) is 1. The Morgan fingerprint density at radius 1 is 1.27 bits per heavy atom. The van der Waals surface area contributed by atoms with Crippen molar-refractivity contribution in [3.63, 3.8) is 0 Å². The van der Waals surface area contributed by atoms with E-state index < -0.39 is 14.2 Å². The lowest BCUT2D eigenvalue weighted by Crippen LogP contribution is -2.42. The van der Waals surface area contributed by atoms with E-state index in [4.69, 9.17) is 10.2 Å². The van der Waals surface area contributed by atoms with Crippen molar-refractivity contribution in [3.8, 4) is 0 Å². The summed E-state index contributed by atoms with van der Waals surface area (Å²) in [6, 6.07) is 10.7. The summed E-state index contributed by atoms with van der Waals surface area (Å²) in [5.41, 5.74) is 8.18. The van der Waals surface area contributed by atoms with E-state index in [1.165, 1.54) is 16.6 Å². The zero-order valence-electron chi connectivity index (χ0n) is 19.0. The minimum Gasteiger partial charge on any atom is -0.415 e. The highest BCUT2D eigenvalue weighted by Gasteiger charge is 2.37. The SMILES string of the molecule is Cc1cc2ccccc2n1CCC(CO[Si](C)(C)C(C)(C)C)n1cnc(C(N)=O)c1. The zero-order valence-corrected chi connectivity index (χ0v) is 20.0. The third-order valence-corrected chi connectivity index (χ3v) is 10.9. The Bertz CT molecular complexity index is 1030. The second-order valence-electron chi connectivity index (χ2n) is 9.58. The number of rotatable bonds is 8. The van der Waals surface area contributed by atoms with Crippen LogP contribution in [0.15, 0.2) is 42.9 Å². The van der Waals surface area contributed by atoms with Crippen molar-refractivity contribution in [1.29, 1.82) is 0 Å². The van der Waals surface area contributed by atoms with Gasteiger partial charge in [-0.15, -0.1) is 0 Å². The number of aromatic nitrogens is 3. The van der Waals surface area contributed by atoms with Gasteiger partial charge in [-0.05, 0) is 49.0 Å². The van der Waals surface area contributed by atoms with Gasteiger partial charge in [0.1, 0.15) is 5.69 Å². The number of amides is 1. The molecule has 0 bridgehead atoms. The van der Waals surface area contributed by atoms with Gasteiger partial charge in [0.05, 0.1) is 19.0 Å². The molecular formula is C23H34N4O2Si. The zero-order chi connectivity index (χ0) is 22.1. The van der Waals surface area contributed by atoms with Crippen LogP contribution in [-0.4, -0.2) is 34.9 Å². The van der Waals surface area contributed by atoms with Crippen molar-refractivity contribution in [2.45, 2.75) is 64.8 Å². The lowest BCUT2D eigenvalue weighted by Gasteiger charge is -2.37. The summed E-state index contributed by atoms with van der Waals surface area (Å²) in [5, 5.41) is 1.39. The lowest BCUT2D eigenvalue weighted by molar-refractivity contribution is 0.0995. The molecule has 2 aromatic heterocycles. The van der Waals surface area contributed by atoms with Crippen molar-refractivity contribution in [3.05, 3.63) is 54.2 Å². The molecule has 6 nitrogen and oxygen atoms in total. The number of nitrogens with zero attached hydrogens (tertiary/aromatic N) is 3. The van der Waals surface area contributed by atoms with E-state index in [1.807, 2.05) is 4.57 Å². The number of para-hydroxylation sites is 1. The molecule has 7 heteroatoms.